The van der Waals surface area contributed by atoms with Gasteiger partial charge in [0.15, 0.2) is 0 Å². The first-order valence-corrected chi connectivity index (χ1v) is 6.33. The molecule has 0 N–H and O–H groups in total. The van der Waals surface area contributed by atoms with Gasteiger partial charge in [0.25, 0.3) is 0 Å². The van der Waals surface area contributed by atoms with Gasteiger partial charge in [-0.2, -0.15) is 13.2 Å². The van der Waals surface area contributed by atoms with Crippen LogP contribution in [0.3, 0.4) is 0 Å². The molecular weight excluding hydrogens is 307 g/mol. The molecule has 0 unspecified atom stereocenters. The molecule has 0 aliphatic rings. The summed E-state index contributed by atoms with van der Waals surface area (Å²) in [5.74, 6) is 0. The van der Waals surface area contributed by atoms with Crippen LogP contribution in [0.1, 0.15) is 11.3 Å². The van der Waals surface area contributed by atoms with Crippen LogP contribution in [0.2, 0.25) is 0 Å². The molecule has 2 aromatic rings. The molecule has 1 aromatic heterocycles. The normalized spacial score (nSPS) is 11.6. The Labute approximate surface area is 111 Å². The summed E-state index contributed by atoms with van der Waals surface area (Å²) >= 11 is 3.20. The van der Waals surface area contributed by atoms with E-state index >= 15 is 0 Å². The molecule has 0 spiro atoms. The Morgan fingerprint density at radius 3 is 2.22 bits per heavy atom. The molecule has 1 aromatic carbocycles. The summed E-state index contributed by atoms with van der Waals surface area (Å²) in [5, 5.41) is 0.422. The molecule has 1 heterocycles. The van der Waals surface area contributed by atoms with E-state index in [2.05, 4.69) is 20.9 Å². The highest BCUT2D eigenvalue weighted by molar-refractivity contribution is 9.08. The van der Waals surface area contributed by atoms with Crippen molar-refractivity contribution in [2.45, 2.75) is 11.5 Å². The topological polar surface area (TPSA) is 12.9 Å². The van der Waals surface area contributed by atoms with Gasteiger partial charge in [-0.15, -0.1) is 0 Å². The van der Waals surface area contributed by atoms with Gasteiger partial charge in [0.05, 0.1) is 17.0 Å². The fourth-order valence-electron chi connectivity index (χ4n) is 1.62. The van der Waals surface area contributed by atoms with Crippen molar-refractivity contribution in [2.75, 3.05) is 0 Å². The number of pyridine rings is 1. The van der Waals surface area contributed by atoms with E-state index in [1.54, 1.807) is 30.3 Å². The number of aromatic nitrogens is 1. The molecule has 94 valence electrons. The van der Waals surface area contributed by atoms with Crippen LogP contribution in [-0.2, 0) is 11.5 Å². The Morgan fingerprint density at radius 1 is 1.00 bits per heavy atom. The minimum absolute atomic E-state index is 0.0277. The molecule has 0 bridgehead atoms. The standard InChI is InChI=1S/C13H9BrF3N/c14-8-10-6-7-11(13(15,16)17)12(18-10)9-4-2-1-3-5-9/h1-7H,8H2. The van der Waals surface area contributed by atoms with E-state index in [-0.39, 0.29) is 5.69 Å². The number of alkyl halides is 4. The lowest BCUT2D eigenvalue weighted by Crippen LogP contribution is -2.09. The zero-order chi connectivity index (χ0) is 13.2. The van der Waals surface area contributed by atoms with Gasteiger partial charge in [-0.1, -0.05) is 46.3 Å². The van der Waals surface area contributed by atoms with Crippen molar-refractivity contribution in [2.24, 2.45) is 0 Å². The Bertz CT molecular complexity index is 538. The van der Waals surface area contributed by atoms with Crippen molar-refractivity contribution in [3.8, 4) is 11.3 Å². The first kappa shape index (κ1) is 13.1. The first-order valence-electron chi connectivity index (χ1n) is 5.21. The molecule has 0 fully saturated rings. The van der Waals surface area contributed by atoms with Crippen molar-refractivity contribution < 1.29 is 13.2 Å². The Balaban J connectivity index is 2.62. The highest BCUT2D eigenvalue weighted by Gasteiger charge is 2.34. The van der Waals surface area contributed by atoms with Crippen molar-refractivity contribution in [1.29, 1.82) is 0 Å². The number of hydrogen-bond donors (Lipinski definition) is 0. The molecule has 0 saturated carbocycles. The maximum atomic E-state index is 12.9. The highest BCUT2D eigenvalue weighted by Crippen LogP contribution is 2.36. The number of hydrogen-bond acceptors (Lipinski definition) is 1. The second-order valence-electron chi connectivity index (χ2n) is 3.70. The number of halogens is 4. The van der Waals surface area contributed by atoms with Crippen LogP contribution in [0, 0.1) is 0 Å². The first-order chi connectivity index (χ1) is 8.52. The van der Waals surface area contributed by atoms with Crippen molar-refractivity contribution in [3.05, 3.63) is 53.7 Å². The van der Waals surface area contributed by atoms with Crippen LogP contribution >= 0.6 is 15.9 Å². The SMILES string of the molecule is FC(F)(F)c1ccc(CBr)nc1-c1ccccc1. The molecule has 2 rings (SSSR count). The highest BCUT2D eigenvalue weighted by atomic mass is 79.9. The predicted octanol–water partition coefficient (Wildman–Crippen LogP) is 4.66. The van der Waals surface area contributed by atoms with Gasteiger partial charge in [-0.25, -0.2) is 0 Å². The lowest BCUT2D eigenvalue weighted by Gasteiger charge is -2.13. The largest absolute Gasteiger partial charge is 0.418 e. The summed E-state index contributed by atoms with van der Waals surface area (Å²) in [5.41, 5.74) is 0.299. The minimum Gasteiger partial charge on any atom is -0.251 e. The molecule has 0 atom stereocenters. The van der Waals surface area contributed by atoms with E-state index in [0.29, 0.717) is 16.6 Å². The average Bonchev–Trinajstić information content (AvgIpc) is 2.38. The van der Waals surface area contributed by atoms with Crippen LogP contribution < -0.4 is 0 Å². The predicted molar refractivity (Wildman–Crippen MR) is 67.3 cm³/mol. The molecule has 1 nitrogen and oxygen atoms in total. The van der Waals surface area contributed by atoms with Crippen LogP contribution in [0.4, 0.5) is 13.2 Å². The van der Waals surface area contributed by atoms with Gasteiger partial charge < -0.3 is 0 Å². The van der Waals surface area contributed by atoms with Crippen LogP contribution in [0.15, 0.2) is 42.5 Å². The van der Waals surface area contributed by atoms with E-state index in [9.17, 15) is 13.2 Å². The Morgan fingerprint density at radius 2 is 1.67 bits per heavy atom. The fourth-order valence-corrected chi connectivity index (χ4v) is 1.93. The molecule has 18 heavy (non-hydrogen) atoms. The average molecular weight is 316 g/mol. The molecule has 0 saturated heterocycles. The maximum Gasteiger partial charge on any atom is 0.418 e. The Hall–Kier alpha value is -1.36. The van der Waals surface area contributed by atoms with E-state index in [0.717, 1.165) is 6.07 Å². The second-order valence-corrected chi connectivity index (χ2v) is 4.26. The monoisotopic (exact) mass is 315 g/mol. The number of rotatable bonds is 2. The molecular formula is C13H9BrF3N. The molecule has 5 heteroatoms. The van der Waals surface area contributed by atoms with Gasteiger partial charge in [0.1, 0.15) is 0 Å². The minimum atomic E-state index is -4.40. The zero-order valence-corrected chi connectivity index (χ0v) is 10.8. The van der Waals surface area contributed by atoms with Gasteiger partial charge in [-0.05, 0) is 12.1 Å². The third kappa shape index (κ3) is 2.72. The van der Waals surface area contributed by atoms with E-state index in [4.69, 9.17) is 0 Å². The van der Waals surface area contributed by atoms with E-state index < -0.39 is 11.7 Å². The summed E-state index contributed by atoms with van der Waals surface area (Å²) in [6.07, 6.45) is -4.40. The second kappa shape index (κ2) is 5.10. The van der Waals surface area contributed by atoms with E-state index in [1.165, 1.54) is 6.07 Å². The molecule has 0 aliphatic heterocycles. The summed E-state index contributed by atoms with van der Waals surface area (Å²) in [4.78, 5) is 4.06. The van der Waals surface area contributed by atoms with Crippen molar-refractivity contribution in [1.82, 2.24) is 4.98 Å². The van der Waals surface area contributed by atoms with Crippen LogP contribution in [-0.4, -0.2) is 4.98 Å². The van der Waals surface area contributed by atoms with Crippen molar-refractivity contribution in [3.63, 3.8) is 0 Å². The van der Waals surface area contributed by atoms with E-state index in [1.807, 2.05) is 0 Å². The smallest absolute Gasteiger partial charge is 0.251 e. The zero-order valence-electron chi connectivity index (χ0n) is 9.21. The third-order valence-corrected chi connectivity index (χ3v) is 3.02. The van der Waals surface area contributed by atoms with Gasteiger partial charge in [0.2, 0.25) is 0 Å². The van der Waals surface area contributed by atoms with Gasteiger partial charge in [-0.3, -0.25) is 4.98 Å². The quantitative estimate of drug-likeness (QED) is 0.734. The summed E-state index contributed by atoms with van der Waals surface area (Å²) in [7, 11) is 0. The maximum absolute atomic E-state index is 12.9. The number of benzene rings is 1. The lowest BCUT2D eigenvalue weighted by atomic mass is 10.0. The van der Waals surface area contributed by atoms with Gasteiger partial charge in [0, 0.05) is 10.9 Å². The third-order valence-electron chi connectivity index (χ3n) is 2.44. The molecule has 0 amide bonds. The summed E-state index contributed by atoms with van der Waals surface area (Å²) in [6, 6.07) is 10.8. The molecule has 0 radical (unpaired) electrons. The fraction of sp³-hybridized carbons (Fsp3) is 0.154. The summed E-state index contributed by atoms with van der Waals surface area (Å²) in [6.45, 7) is 0. The van der Waals surface area contributed by atoms with Crippen LogP contribution in [0.5, 0.6) is 0 Å². The lowest BCUT2D eigenvalue weighted by molar-refractivity contribution is -0.137. The number of nitrogens with zero attached hydrogens (tertiary/aromatic N) is 1. The van der Waals surface area contributed by atoms with Crippen molar-refractivity contribution >= 4 is 15.9 Å². The van der Waals surface area contributed by atoms with Crippen LogP contribution in [0.25, 0.3) is 11.3 Å². The van der Waals surface area contributed by atoms with Gasteiger partial charge >= 0.3 is 6.18 Å². The molecule has 0 aliphatic carbocycles. The summed E-state index contributed by atoms with van der Waals surface area (Å²) < 4.78 is 38.8. The Kier molecular flexibility index (Phi) is 3.71.